The first-order valence-corrected chi connectivity index (χ1v) is 12.6. The SMILES string of the molecule is C[C@H](OCc1ccccc1)[C@@H](NC(=O)OCC1c2ccccc2-c2ccccc21)C(=O)N[C@@H](C)CC(=O)O. The molecule has 1 aliphatic rings. The Morgan fingerprint density at radius 2 is 1.42 bits per heavy atom. The number of hydrogen-bond donors (Lipinski definition) is 3. The molecule has 3 N–H and O–H groups in total. The number of ether oxygens (including phenoxy) is 2. The molecule has 3 aromatic carbocycles. The van der Waals surface area contributed by atoms with E-state index in [1.165, 1.54) is 0 Å². The number of carboxylic acid groups (broad SMARTS) is 1. The Balaban J connectivity index is 1.43. The van der Waals surface area contributed by atoms with Gasteiger partial charge in [-0.3, -0.25) is 9.59 Å². The van der Waals surface area contributed by atoms with Gasteiger partial charge in [0.1, 0.15) is 12.6 Å². The van der Waals surface area contributed by atoms with Crippen LogP contribution >= 0.6 is 0 Å². The summed E-state index contributed by atoms with van der Waals surface area (Å²) in [6.07, 6.45) is -1.72. The van der Waals surface area contributed by atoms with Gasteiger partial charge in [0.05, 0.1) is 19.1 Å². The summed E-state index contributed by atoms with van der Waals surface area (Å²) >= 11 is 0. The lowest BCUT2D eigenvalue weighted by Gasteiger charge is -2.26. The summed E-state index contributed by atoms with van der Waals surface area (Å²) in [5.74, 6) is -1.71. The van der Waals surface area contributed by atoms with Gasteiger partial charge in [0.15, 0.2) is 0 Å². The number of fused-ring (bicyclic) bond motifs is 3. The van der Waals surface area contributed by atoms with Crippen LogP contribution in [0.4, 0.5) is 4.79 Å². The second kappa shape index (κ2) is 12.4. The second-order valence-electron chi connectivity index (χ2n) is 9.46. The van der Waals surface area contributed by atoms with E-state index in [4.69, 9.17) is 14.6 Å². The van der Waals surface area contributed by atoms with E-state index in [1.807, 2.05) is 66.7 Å². The number of carboxylic acids is 1. The highest BCUT2D eigenvalue weighted by Crippen LogP contribution is 2.44. The van der Waals surface area contributed by atoms with Crippen LogP contribution in [-0.4, -0.2) is 47.9 Å². The summed E-state index contributed by atoms with van der Waals surface area (Å²) in [6, 6.07) is 23.8. The van der Waals surface area contributed by atoms with Gasteiger partial charge in [-0.2, -0.15) is 0 Å². The zero-order valence-corrected chi connectivity index (χ0v) is 21.4. The topological polar surface area (TPSA) is 114 Å². The highest BCUT2D eigenvalue weighted by Gasteiger charge is 2.32. The van der Waals surface area contributed by atoms with Crippen molar-refractivity contribution in [2.45, 2.75) is 51.0 Å². The molecule has 8 heteroatoms. The third kappa shape index (κ3) is 6.58. The predicted octanol–water partition coefficient (Wildman–Crippen LogP) is 4.48. The molecular weight excluding hydrogens is 484 g/mol. The molecule has 0 spiro atoms. The molecule has 38 heavy (non-hydrogen) atoms. The number of alkyl carbamates (subject to hydrolysis) is 1. The van der Waals surface area contributed by atoms with Crippen molar-refractivity contribution in [3.05, 3.63) is 95.6 Å². The first-order chi connectivity index (χ1) is 18.3. The van der Waals surface area contributed by atoms with Crippen LogP contribution in [0, 0.1) is 0 Å². The molecule has 0 saturated heterocycles. The molecule has 8 nitrogen and oxygen atoms in total. The van der Waals surface area contributed by atoms with Gasteiger partial charge in [0.2, 0.25) is 5.91 Å². The lowest BCUT2D eigenvalue weighted by Crippen LogP contribution is -2.55. The summed E-state index contributed by atoms with van der Waals surface area (Å²) in [5, 5.41) is 14.3. The quantitative estimate of drug-likeness (QED) is 0.346. The van der Waals surface area contributed by atoms with E-state index in [0.717, 1.165) is 27.8 Å². The Hall–Kier alpha value is -4.17. The highest BCUT2D eigenvalue weighted by molar-refractivity contribution is 5.87. The molecule has 0 bridgehead atoms. The maximum atomic E-state index is 13.1. The molecule has 0 heterocycles. The highest BCUT2D eigenvalue weighted by atomic mass is 16.5. The van der Waals surface area contributed by atoms with Crippen LogP contribution in [-0.2, 0) is 25.7 Å². The largest absolute Gasteiger partial charge is 0.481 e. The maximum Gasteiger partial charge on any atom is 0.407 e. The molecule has 0 unspecified atom stereocenters. The predicted molar refractivity (Wildman–Crippen MR) is 143 cm³/mol. The minimum atomic E-state index is -1.09. The lowest BCUT2D eigenvalue weighted by molar-refractivity contribution is -0.137. The lowest BCUT2D eigenvalue weighted by atomic mass is 9.98. The minimum absolute atomic E-state index is 0.100. The average Bonchev–Trinajstić information content (AvgIpc) is 3.23. The Morgan fingerprint density at radius 3 is 2.03 bits per heavy atom. The van der Waals surface area contributed by atoms with Gasteiger partial charge < -0.3 is 25.2 Å². The van der Waals surface area contributed by atoms with E-state index in [2.05, 4.69) is 22.8 Å². The van der Waals surface area contributed by atoms with E-state index < -0.39 is 36.2 Å². The third-order valence-electron chi connectivity index (χ3n) is 6.59. The van der Waals surface area contributed by atoms with Crippen molar-refractivity contribution in [3.8, 4) is 11.1 Å². The van der Waals surface area contributed by atoms with E-state index in [-0.39, 0.29) is 25.6 Å². The maximum absolute atomic E-state index is 13.1. The summed E-state index contributed by atoms with van der Waals surface area (Å²) in [5.41, 5.74) is 5.31. The molecule has 3 atom stereocenters. The fourth-order valence-corrected chi connectivity index (χ4v) is 4.71. The molecule has 2 amide bonds. The van der Waals surface area contributed by atoms with Crippen LogP contribution in [0.2, 0.25) is 0 Å². The van der Waals surface area contributed by atoms with Crippen LogP contribution in [0.1, 0.15) is 42.9 Å². The van der Waals surface area contributed by atoms with Gasteiger partial charge >= 0.3 is 12.1 Å². The molecule has 0 fully saturated rings. The number of rotatable bonds is 11. The van der Waals surface area contributed by atoms with E-state index in [0.29, 0.717) is 0 Å². The van der Waals surface area contributed by atoms with Crippen molar-refractivity contribution in [2.24, 2.45) is 0 Å². The molecule has 4 rings (SSSR count). The van der Waals surface area contributed by atoms with Gasteiger partial charge in [-0.25, -0.2) is 4.79 Å². The van der Waals surface area contributed by atoms with Crippen LogP contribution in [0.25, 0.3) is 11.1 Å². The van der Waals surface area contributed by atoms with E-state index in [1.54, 1.807) is 13.8 Å². The second-order valence-corrected chi connectivity index (χ2v) is 9.46. The Kier molecular flexibility index (Phi) is 8.76. The Bertz CT molecular complexity index is 1230. The van der Waals surface area contributed by atoms with Crippen LogP contribution in [0.15, 0.2) is 78.9 Å². The normalized spacial score (nSPS) is 14.5. The zero-order chi connectivity index (χ0) is 27.1. The van der Waals surface area contributed by atoms with Crippen molar-refractivity contribution >= 4 is 18.0 Å². The van der Waals surface area contributed by atoms with Crippen molar-refractivity contribution in [1.29, 1.82) is 0 Å². The molecule has 0 aliphatic heterocycles. The Labute approximate surface area is 222 Å². The molecular formula is C30H32N2O6. The van der Waals surface area contributed by atoms with Crippen LogP contribution in [0.3, 0.4) is 0 Å². The monoisotopic (exact) mass is 516 g/mol. The summed E-state index contributed by atoms with van der Waals surface area (Å²) in [6.45, 7) is 3.61. The number of hydrogen-bond acceptors (Lipinski definition) is 5. The Morgan fingerprint density at radius 1 is 0.842 bits per heavy atom. The number of aliphatic carboxylic acids is 1. The standard InChI is InChI=1S/C30H32N2O6/c1-19(16-27(33)34)31-29(35)28(20(2)37-17-21-10-4-3-5-11-21)32-30(36)38-18-26-24-14-8-6-12-22(24)23-13-7-9-15-25(23)26/h3-15,19-20,26,28H,16-18H2,1-2H3,(H,31,35)(H,32,36)(H,33,34)/t19-,20-,28+/m0/s1. The van der Waals surface area contributed by atoms with Gasteiger partial charge in [0.25, 0.3) is 0 Å². The molecule has 0 saturated carbocycles. The van der Waals surface area contributed by atoms with Crippen LogP contribution < -0.4 is 10.6 Å². The van der Waals surface area contributed by atoms with Crippen molar-refractivity contribution in [3.63, 3.8) is 0 Å². The minimum Gasteiger partial charge on any atom is -0.481 e. The smallest absolute Gasteiger partial charge is 0.407 e. The molecule has 3 aromatic rings. The molecule has 198 valence electrons. The van der Waals surface area contributed by atoms with Crippen LogP contribution in [0.5, 0.6) is 0 Å². The molecule has 0 radical (unpaired) electrons. The number of amides is 2. The van der Waals surface area contributed by atoms with Crippen molar-refractivity contribution in [1.82, 2.24) is 10.6 Å². The summed E-state index contributed by atoms with van der Waals surface area (Å²) in [4.78, 5) is 37.0. The van der Waals surface area contributed by atoms with Crippen molar-refractivity contribution < 1.29 is 29.0 Å². The first kappa shape index (κ1) is 26.9. The van der Waals surface area contributed by atoms with E-state index in [9.17, 15) is 14.4 Å². The fourth-order valence-electron chi connectivity index (χ4n) is 4.71. The molecule has 0 aromatic heterocycles. The van der Waals surface area contributed by atoms with Gasteiger partial charge in [0, 0.05) is 12.0 Å². The van der Waals surface area contributed by atoms with Gasteiger partial charge in [-0.05, 0) is 41.7 Å². The van der Waals surface area contributed by atoms with E-state index >= 15 is 0 Å². The summed E-state index contributed by atoms with van der Waals surface area (Å²) < 4.78 is 11.5. The zero-order valence-electron chi connectivity index (χ0n) is 21.4. The summed E-state index contributed by atoms with van der Waals surface area (Å²) in [7, 11) is 0. The third-order valence-corrected chi connectivity index (χ3v) is 6.59. The number of benzene rings is 3. The number of carbonyl (C=O) groups is 3. The molecule has 1 aliphatic carbocycles. The van der Waals surface area contributed by atoms with Gasteiger partial charge in [-0.1, -0.05) is 78.9 Å². The fraction of sp³-hybridized carbons (Fsp3) is 0.300. The number of carbonyl (C=O) groups excluding carboxylic acids is 2. The average molecular weight is 517 g/mol. The first-order valence-electron chi connectivity index (χ1n) is 12.6. The number of nitrogens with one attached hydrogen (secondary N) is 2. The van der Waals surface area contributed by atoms with Gasteiger partial charge in [-0.15, -0.1) is 0 Å². The van der Waals surface area contributed by atoms with Crippen molar-refractivity contribution in [2.75, 3.05) is 6.61 Å².